The van der Waals surface area contributed by atoms with Crippen LogP contribution in [0.3, 0.4) is 0 Å². The summed E-state index contributed by atoms with van der Waals surface area (Å²) in [5.41, 5.74) is 2.15. The fourth-order valence-electron chi connectivity index (χ4n) is 1.24. The SMILES string of the molecule is CC.CC.Cc1c(NC(C)CO)ccc(C#N)c1Cl. The normalized spacial score (nSPS) is 10.1. The fraction of sp³-hybridized carbons (Fsp3) is 0.533. The number of anilines is 1. The number of nitriles is 1. The summed E-state index contributed by atoms with van der Waals surface area (Å²) in [4.78, 5) is 0. The maximum Gasteiger partial charge on any atom is 0.101 e. The van der Waals surface area contributed by atoms with Crippen LogP contribution in [0.25, 0.3) is 0 Å². The third-order valence-electron chi connectivity index (χ3n) is 2.18. The molecule has 1 aromatic rings. The molecule has 0 amide bonds. The van der Waals surface area contributed by atoms with E-state index >= 15 is 0 Å². The van der Waals surface area contributed by atoms with Gasteiger partial charge in [-0.3, -0.25) is 0 Å². The molecule has 0 aliphatic rings. The van der Waals surface area contributed by atoms with Crippen LogP contribution >= 0.6 is 11.6 Å². The largest absolute Gasteiger partial charge is 0.394 e. The zero-order chi connectivity index (χ0) is 15.4. The molecule has 4 heteroatoms. The van der Waals surface area contributed by atoms with Gasteiger partial charge < -0.3 is 10.4 Å². The average Bonchev–Trinajstić information content (AvgIpc) is 2.48. The van der Waals surface area contributed by atoms with Gasteiger partial charge in [-0.05, 0) is 31.5 Å². The highest BCUT2D eigenvalue weighted by molar-refractivity contribution is 6.32. The van der Waals surface area contributed by atoms with Crippen LogP contribution in [0.15, 0.2) is 12.1 Å². The van der Waals surface area contributed by atoms with Crippen molar-refractivity contribution >= 4 is 17.3 Å². The van der Waals surface area contributed by atoms with Gasteiger partial charge in [0.05, 0.1) is 17.2 Å². The molecular weight excluding hydrogens is 260 g/mol. The Morgan fingerprint density at radius 1 is 1.32 bits per heavy atom. The molecule has 0 aliphatic carbocycles. The van der Waals surface area contributed by atoms with Crippen LogP contribution in [0.5, 0.6) is 0 Å². The molecular formula is C15H25ClN2O. The summed E-state index contributed by atoms with van der Waals surface area (Å²) in [6.07, 6.45) is 0. The number of nitrogens with zero attached hydrogens (tertiary/aromatic N) is 1. The third-order valence-corrected chi connectivity index (χ3v) is 2.67. The van der Waals surface area contributed by atoms with Crippen LogP contribution in [0.1, 0.15) is 45.7 Å². The van der Waals surface area contributed by atoms with Crippen molar-refractivity contribution < 1.29 is 5.11 Å². The number of aliphatic hydroxyl groups excluding tert-OH is 1. The van der Waals surface area contributed by atoms with Crippen LogP contribution in [0.4, 0.5) is 5.69 Å². The van der Waals surface area contributed by atoms with Crippen LogP contribution in [0.2, 0.25) is 5.02 Å². The summed E-state index contributed by atoms with van der Waals surface area (Å²) < 4.78 is 0. The lowest BCUT2D eigenvalue weighted by Crippen LogP contribution is -2.19. The van der Waals surface area contributed by atoms with Crippen molar-refractivity contribution in [2.45, 2.75) is 47.6 Å². The molecule has 1 rings (SSSR count). The molecule has 0 aromatic heterocycles. The third kappa shape index (κ3) is 6.47. The second kappa shape index (κ2) is 11.8. The predicted octanol–water partition coefficient (Wildman–Crippen LogP) is 4.37. The number of hydrogen-bond donors (Lipinski definition) is 2. The van der Waals surface area contributed by atoms with E-state index in [1.54, 1.807) is 12.1 Å². The summed E-state index contributed by atoms with van der Waals surface area (Å²) in [6.45, 7) is 11.8. The van der Waals surface area contributed by atoms with Crippen molar-refractivity contribution in [2.24, 2.45) is 0 Å². The Bertz CT molecular complexity index is 400. The van der Waals surface area contributed by atoms with Crippen molar-refractivity contribution in [3.8, 4) is 6.07 Å². The molecule has 0 aliphatic heterocycles. The first-order valence-corrected chi connectivity index (χ1v) is 7.04. The molecule has 0 fully saturated rings. The monoisotopic (exact) mass is 284 g/mol. The van der Waals surface area contributed by atoms with E-state index < -0.39 is 0 Å². The number of aliphatic hydroxyl groups is 1. The Morgan fingerprint density at radius 2 is 1.84 bits per heavy atom. The maximum atomic E-state index is 8.91. The molecule has 2 N–H and O–H groups in total. The van der Waals surface area contributed by atoms with Crippen molar-refractivity contribution in [1.82, 2.24) is 0 Å². The number of halogens is 1. The molecule has 0 spiro atoms. The first kappa shape index (κ1) is 20.1. The topological polar surface area (TPSA) is 56.0 Å². The Kier molecular flexibility index (Phi) is 12.5. The van der Waals surface area contributed by atoms with Gasteiger partial charge in [0.1, 0.15) is 6.07 Å². The van der Waals surface area contributed by atoms with E-state index in [2.05, 4.69) is 5.32 Å². The zero-order valence-electron chi connectivity index (χ0n) is 12.7. The smallest absolute Gasteiger partial charge is 0.101 e. The molecule has 19 heavy (non-hydrogen) atoms. The summed E-state index contributed by atoms with van der Waals surface area (Å²) >= 11 is 6.00. The molecule has 1 unspecified atom stereocenters. The minimum Gasteiger partial charge on any atom is -0.394 e. The van der Waals surface area contributed by atoms with Gasteiger partial charge >= 0.3 is 0 Å². The highest BCUT2D eigenvalue weighted by Gasteiger charge is 2.09. The van der Waals surface area contributed by atoms with Gasteiger partial charge in [-0.15, -0.1) is 0 Å². The molecule has 0 heterocycles. The first-order valence-electron chi connectivity index (χ1n) is 6.66. The van der Waals surface area contributed by atoms with Crippen molar-refractivity contribution in [3.63, 3.8) is 0 Å². The van der Waals surface area contributed by atoms with Crippen LogP contribution in [-0.2, 0) is 0 Å². The predicted molar refractivity (Wildman–Crippen MR) is 83.8 cm³/mol. The summed E-state index contributed by atoms with van der Waals surface area (Å²) in [6, 6.07) is 5.45. The molecule has 0 radical (unpaired) electrons. The zero-order valence-corrected chi connectivity index (χ0v) is 13.5. The Hall–Kier alpha value is -1.24. The van der Waals surface area contributed by atoms with Crippen molar-refractivity contribution in [2.75, 3.05) is 11.9 Å². The number of nitrogens with one attached hydrogen (secondary N) is 1. The van der Waals surface area contributed by atoms with E-state index in [0.717, 1.165) is 11.3 Å². The highest BCUT2D eigenvalue weighted by Crippen LogP contribution is 2.27. The molecule has 1 aromatic carbocycles. The molecule has 0 bridgehead atoms. The second-order valence-corrected chi connectivity index (χ2v) is 3.82. The van der Waals surface area contributed by atoms with E-state index in [4.69, 9.17) is 22.0 Å². The molecule has 1 atom stereocenters. The molecule has 0 saturated carbocycles. The molecule has 3 nitrogen and oxygen atoms in total. The van der Waals surface area contributed by atoms with Gasteiger partial charge in [-0.25, -0.2) is 0 Å². The minimum atomic E-state index is -0.0345. The second-order valence-electron chi connectivity index (χ2n) is 3.44. The molecule has 0 saturated heterocycles. The lowest BCUT2D eigenvalue weighted by atomic mass is 10.1. The Morgan fingerprint density at radius 3 is 2.26 bits per heavy atom. The van der Waals surface area contributed by atoms with Crippen LogP contribution in [0, 0.1) is 18.3 Å². The minimum absolute atomic E-state index is 0.0345. The number of benzene rings is 1. The van der Waals surface area contributed by atoms with E-state index in [9.17, 15) is 0 Å². The van der Waals surface area contributed by atoms with E-state index in [0.29, 0.717) is 10.6 Å². The van der Waals surface area contributed by atoms with Crippen LogP contribution in [-0.4, -0.2) is 17.8 Å². The highest BCUT2D eigenvalue weighted by atomic mass is 35.5. The van der Waals surface area contributed by atoms with E-state index in [1.807, 2.05) is 47.6 Å². The van der Waals surface area contributed by atoms with Gasteiger partial charge in [-0.2, -0.15) is 5.26 Å². The van der Waals surface area contributed by atoms with Crippen molar-refractivity contribution in [3.05, 3.63) is 28.3 Å². The standard InChI is InChI=1S/C11H13ClN2O.2C2H6/c1-7(6-15)14-10-4-3-9(5-13)11(12)8(10)2;2*1-2/h3-4,7,14-15H,6H2,1-2H3;2*1-2H3. The van der Waals surface area contributed by atoms with Gasteiger partial charge in [0.2, 0.25) is 0 Å². The first-order chi connectivity index (χ1) is 9.10. The summed E-state index contributed by atoms with van der Waals surface area (Å²) in [7, 11) is 0. The van der Waals surface area contributed by atoms with Gasteiger partial charge in [-0.1, -0.05) is 39.3 Å². The van der Waals surface area contributed by atoms with Gasteiger partial charge in [0.15, 0.2) is 0 Å². The number of rotatable bonds is 3. The fourth-order valence-corrected chi connectivity index (χ4v) is 1.45. The van der Waals surface area contributed by atoms with Crippen LogP contribution < -0.4 is 5.32 Å². The number of hydrogen-bond acceptors (Lipinski definition) is 3. The van der Waals surface area contributed by atoms with Gasteiger partial charge in [0, 0.05) is 11.7 Å². The Labute approximate surface area is 122 Å². The summed E-state index contributed by atoms with van der Waals surface area (Å²) in [5.74, 6) is 0. The molecule has 108 valence electrons. The maximum absolute atomic E-state index is 8.91. The van der Waals surface area contributed by atoms with Crippen molar-refractivity contribution in [1.29, 1.82) is 5.26 Å². The Balaban J connectivity index is 0. The van der Waals surface area contributed by atoms with E-state index in [1.165, 1.54) is 0 Å². The lowest BCUT2D eigenvalue weighted by molar-refractivity contribution is 0.281. The van der Waals surface area contributed by atoms with E-state index in [-0.39, 0.29) is 12.6 Å². The summed E-state index contributed by atoms with van der Waals surface area (Å²) in [5, 5.41) is 21.2. The van der Waals surface area contributed by atoms with Gasteiger partial charge in [0.25, 0.3) is 0 Å². The quantitative estimate of drug-likeness (QED) is 0.867. The lowest BCUT2D eigenvalue weighted by Gasteiger charge is -2.15. The average molecular weight is 285 g/mol.